The number of amides is 1. The van der Waals surface area contributed by atoms with Crippen molar-refractivity contribution in [2.75, 3.05) is 12.4 Å². The SMILES string of the molecule is CNc1cc(C(=O)NC2CCC(C)(C)CC2)cc(Cl)n1. The average molecular weight is 296 g/mol. The number of rotatable bonds is 3. The molecular weight excluding hydrogens is 274 g/mol. The van der Waals surface area contributed by atoms with E-state index in [1.54, 1.807) is 19.2 Å². The number of aromatic nitrogens is 1. The van der Waals surface area contributed by atoms with E-state index in [9.17, 15) is 4.79 Å². The first-order valence-electron chi connectivity index (χ1n) is 7.06. The number of hydrogen-bond acceptors (Lipinski definition) is 3. The van der Waals surface area contributed by atoms with Crippen LogP contribution < -0.4 is 10.6 Å². The lowest BCUT2D eigenvalue weighted by Gasteiger charge is -2.34. The van der Waals surface area contributed by atoms with Crippen molar-refractivity contribution < 1.29 is 4.79 Å². The second-order valence-electron chi connectivity index (χ2n) is 6.23. The topological polar surface area (TPSA) is 54.0 Å². The molecule has 1 aliphatic carbocycles. The summed E-state index contributed by atoms with van der Waals surface area (Å²) in [6, 6.07) is 3.58. The van der Waals surface area contributed by atoms with Gasteiger partial charge in [-0.1, -0.05) is 25.4 Å². The fraction of sp³-hybridized carbons (Fsp3) is 0.600. The maximum atomic E-state index is 12.3. The van der Waals surface area contributed by atoms with Gasteiger partial charge < -0.3 is 10.6 Å². The van der Waals surface area contributed by atoms with Crippen LogP contribution in [-0.4, -0.2) is 24.0 Å². The third kappa shape index (κ3) is 3.85. The van der Waals surface area contributed by atoms with Crippen LogP contribution in [0.2, 0.25) is 5.15 Å². The van der Waals surface area contributed by atoms with Crippen LogP contribution in [-0.2, 0) is 0 Å². The van der Waals surface area contributed by atoms with E-state index in [1.165, 1.54) is 0 Å². The summed E-state index contributed by atoms with van der Waals surface area (Å²) in [6.45, 7) is 4.57. The van der Waals surface area contributed by atoms with Gasteiger partial charge in [0, 0.05) is 18.7 Å². The molecule has 0 spiro atoms. The smallest absolute Gasteiger partial charge is 0.251 e. The van der Waals surface area contributed by atoms with Gasteiger partial charge in [0.2, 0.25) is 0 Å². The Morgan fingerprint density at radius 3 is 2.60 bits per heavy atom. The largest absolute Gasteiger partial charge is 0.373 e. The van der Waals surface area contributed by atoms with Crippen molar-refractivity contribution in [1.82, 2.24) is 10.3 Å². The van der Waals surface area contributed by atoms with Crippen LogP contribution in [0.15, 0.2) is 12.1 Å². The molecule has 110 valence electrons. The van der Waals surface area contributed by atoms with Gasteiger partial charge in [-0.25, -0.2) is 4.98 Å². The monoisotopic (exact) mass is 295 g/mol. The predicted octanol–water partition coefficient (Wildman–Crippen LogP) is 3.48. The van der Waals surface area contributed by atoms with Gasteiger partial charge in [-0.2, -0.15) is 0 Å². The minimum absolute atomic E-state index is 0.0736. The lowest BCUT2D eigenvalue weighted by atomic mass is 9.75. The molecule has 1 heterocycles. The van der Waals surface area contributed by atoms with E-state index in [1.807, 2.05) is 0 Å². The van der Waals surface area contributed by atoms with E-state index in [2.05, 4.69) is 29.5 Å². The summed E-state index contributed by atoms with van der Waals surface area (Å²) in [7, 11) is 1.75. The quantitative estimate of drug-likeness (QED) is 0.840. The van der Waals surface area contributed by atoms with Crippen molar-refractivity contribution >= 4 is 23.3 Å². The average Bonchev–Trinajstić information content (AvgIpc) is 2.40. The first-order chi connectivity index (χ1) is 9.39. The van der Waals surface area contributed by atoms with Gasteiger partial charge in [0.15, 0.2) is 0 Å². The highest BCUT2D eigenvalue weighted by Gasteiger charge is 2.27. The lowest BCUT2D eigenvalue weighted by Crippen LogP contribution is -2.39. The third-order valence-corrected chi connectivity index (χ3v) is 4.18. The highest BCUT2D eigenvalue weighted by Crippen LogP contribution is 2.35. The summed E-state index contributed by atoms with van der Waals surface area (Å²) in [5.74, 6) is 0.530. The maximum absolute atomic E-state index is 12.3. The van der Waals surface area contributed by atoms with Crippen LogP contribution >= 0.6 is 11.6 Å². The first kappa shape index (κ1) is 15.1. The summed E-state index contributed by atoms with van der Waals surface area (Å²) in [4.78, 5) is 16.3. The molecule has 1 aliphatic rings. The fourth-order valence-corrected chi connectivity index (χ4v) is 2.78. The van der Waals surface area contributed by atoms with Crippen LogP contribution in [0.25, 0.3) is 0 Å². The van der Waals surface area contributed by atoms with Crippen molar-refractivity contribution in [2.24, 2.45) is 5.41 Å². The molecule has 1 fully saturated rings. The molecule has 1 aromatic rings. The first-order valence-corrected chi connectivity index (χ1v) is 7.44. The highest BCUT2D eigenvalue weighted by molar-refractivity contribution is 6.29. The molecule has 5 heteroatoms. The molecule has 0 saturated heterocycles. The second-order valence-corrected chi connectivity index (χ2v) is 6.61. The number of pyridine rings is 1. The zero-order valence-electron chi connectivity index (χ0n) is 12.3. The minimum atomic E-state index is -0.0736. The molecule has 2 N–H and O–H groups in total. The van der Waals surface area contributed by atoms with Crippen LogP contribution in [0.1, 0.15) is 49.9 Å². The Hall–Kier alpha value is -1.29. The summed E-state index contributed by atoms with van der Waals surface area (Å²) < 4.78 is 0. The molecule has 0 unspecified atom stereocenters. The molecule has 0 atom stereocenters. The van der Waals surface area contributed by atoms with E-state index in [-0.39, 0.29) is 11.9 Å². The van der Waals surface area contributed by atoms with Crippen LogP contribution in [0, 0.1) is 5.41 Å². The van der Waals surface area contributed by atoms with Gasteiger partial charge in [0.25, 0.3) is 5.91 Å². The second kappa shape index (κ2) is 6.00. The van der Waals surface area contributed by atoms with Gasteiger partial charge >= 0.3 is 0 Å². The number of halogens is 1. The Labute approximate surface area is 125 Å². The molecule has 0 radical (unpaired) electrons. The Bertz CT molecular complexity index is 492. The number of nitrogens with one attached hydrogen (secondary N) is 2. The lowest BCUT2D eigenvalue weighted by molar-refractivity contribution is 0.0909. The molecule has 0 aromatic carbocycles. The third-order valence-electron chi connectivity index (χ3n) is 3.99. The normalized spacial score (nSPS) is 18.6. The van der Waals surface area contributed by atoms with Crippen molar-refractivity contribution in [1.29, 1.82) is 0 Å². The van der Waals surface area contributed by atoms with E-state index >= 15 is 0 Å². The number of anilines is 1. The summed E-state index contributed by atoms with van der Waals surface area (Å²) in [6.07, 6.45) is 4.38. The zero-order chi connectivity index (χ0) is 14.8. The van der Waals surface area contributed by atoms with Gasteiger partial charge in [-0.05, 0) is 43.2 Å². The Morgan fingerprint density at radius 1 is 1.35 bits per heavy atom. The Balaban J connectivity index is 2.00. The van der Waals surface area contributed by atoms with E-state index < -0.39 is 0 Å². The molecule has 20 heavy (non-hydrogen) atoms. The predicted molar refractivity (Wildman–Crippen MR) is 82.3 cm³/mol. The van der Waals surface area contributed by atoms with E-state index in [0.717, 1.165) is 25.7 Å². The van der Waals surface area contributed by atoms with Crippen molar-refractivity contribution in [2.45, 2.75) is 45.6 Å². The van der Waals surface area contributed by atoms with Crippen molar-refractivity contribution in [3.8, 4) is 0 Å². The van der Waals surface area contributed by atoms with Crippen molar-refractivity contribution in [3.63, 3.8) is 0 Å². The van der Waals surface area contributed by atoms with E-state index in [0.29, 0.717) is 21.9 Å². The summed E-state index contributed by atoms with van der Waals surface area (Å²) in [5, 5.41) is 6.33. The van der Waals surface area contributed by atoms with Gasteiger partial charge in [0.05, 0.1) is 0 Å². The fourth-order valence-electron chi connectivity index (χ4n) is 2.57. The maximum Gasteiger partial charge on any atom is 0.251 e. The molecule has 0 aliphatic heterocycles. The van der Waals surface area contributed by atoms with Gasteiger partial charge in [-0.3, -0.25) is 4.79 Å². The van der Waals surface area contributed by atoms with Crippen LogP contribution in [0.5, 0.6) is 0 Å². The molecule has 1 aromatic heterocycles. The number of carbonyl (C=O) groups excluding carboxylic acids is 1. The van der Waals surface area contributed by atoms with Gasteiger partial charge in [0.1, 0.15) is 11.0 Å². The number of nitrogens with zero attached hydrogens (tertiary/aromatic N) is 1. The zero-order valence-corrected chi connectivity index (χ0v) is 13.0. The Morgan fingerprint density at radius 2 is 2.00 bits per heavy atom. The number of carbonyl (C=O) groups is 1. The molecule has 4 nitrogen and oxygen atoms in total. The van der Waals surface area contributed by atoms with E-state index in [4.69, 9.17) is 11.6 Å². The highest BCUT2D eigenvalue weighted by atomic mass is 35.5. The number of hydrogen-bond donors (Lipinski definition) is 2. The molecule has 1 amide bonds. The van der Waals surface area contributed by atoms with Crippen molar-refractivity contribution in [3.05, 3.63) is 22.8 Å². The van der Waals surface area contributed by atoms with Crippen LogP contribution in [0.3, 0.4) is 0 Å². The molecular formula is C15H22ClN3O. The summed E-state index contributed by atoms with van der Waals surface area (Å²) in [5.41, 5.74) is 0.958. The molecule has 0 bridgehead atoms. The Kier molecular flexibility index (Phi) is 4.53. The summed E-state index contributed by atoms with van der Waals surface area (Å²) >= 11 is 5.92. The molecule has 2 rings (SSSR count). The molecule has 1 saturated carbocycles. The minimum Gasteiger partial charge on any atom is -0.373 e. The van der Waals surface area contributed by atoms with Gasteiger partial charge in [-0.15, -0.1) is 0 Å². The van der Waals surface area contributed by atoms with Crippen LogP contribution in [0.4, 0.5) is 5.82 Å². The standard InChI is InChI=1S/C15H22ClN3O/c1-15(2)6-4-11(5-7-15)18-14(20)10-8-12(16)19-13(9-10)17-3/h8-9,11H,4-7H2,1-3H3,(H,17,19)(H,18,20).